The first-order chi connectivity index (χ1) is 13.4. The molecule has 5 nitrogen and oxygen atoms in total. The molecule has 0 amide bonds. The van der Waals surface area contributed by atoms with Gasteiger partial charge in [0.1, 0.15) is 0 Å². The predicted octanol–water partition coefficient (Wildman–Crippen LogP) is 3.18. The first-order valence-corrected chi connectivity index (χ1v) is 10.1. The minimum Gasteiger partial charge on any atom is -0.369 e. The number of guanidine groups is 1. The standard InChI is InChI=1S/C20H32F3N5/c1-3-24-19(25-4-2)26-10-5-6-11-27-12-14-28(15-13-27)18-9-7-8-17(16-18)20(21,22)23/h7-9,16H,3-6,10-15H2,1-2H3,(H2,24,25,26). The van der Waals surface area contributed by atoms with E-state index < -0.39 is 11.7 Å². The molecule has 0 saturated carbocycles. The molecule has 0 spiro atoms. The molecule has 158 valence electrons. The van der Waals surface area contributed by atoms with Crippen LogP contribution in [0, 0.1) is 0 Å². The zero-order chi connectivity index (χ0) is 20.4. The second-order valence-electron chi connectivity index (χ2n) is 6.87. The van der Waals surface area contributed by atoms with Crippen LogP contribution in [0.2, 0.25) is 0 Å². The highest BCUT2D eigenvalue weighted by molar-refractivity contribution is 5.79. The van der Waals surface area contributed by atoms with Gasteiger partial charge in [0.05, 0.1) is 5.56 Å². The van der Waals surface area contributed by atoms with Crippen molar-refractivity contribution in [2.24, 2.45) is 4.99 Å². The molecule has 0 atom stereocenters. The first kappa shape index (κ1) is 22.3. The lowest BCUT2D eigenvalue weighted by Crippen LogP contribution is -2.46. The second-order valence-corrected chi connectivity index (χ2v) is 6.87. The Balaban J connectivity index is 1.71. The van der Waals surface area contributed by atoms with Crippen LogP contribution in [0.3, 0.4) is 0 Å². The number of piperazine rings is 1. The van der Waals surface area contributed by atoms with E-state index in [0.29, 0.717) is 5.69 Å². The number of aliphatic imine (C=N–C) groups is 1. The maximum Gasteiger partial charge on any atom is 0.416 e. The van der Waals surface area contributed by atoms with Gasteiger partial charge in [-0.1, -0.05) is 6.07 Å². The number of halogens is 3. The maximum absolute atomic E-state index is 12.9. The molecule has 28 heavy (non-hydrogen) atoms. The van der Waals surface area contributed by atoms with E-state index in [1.165, 1.54) is 12.1 Å². The number of nitrogens with zero attached hydrogens (tertiary/aromatic N) is 3. The van der Waals surface area contributed by atoms with Crippen LogP contribution >= 0.6 is 0 Å². The fourth-order valence-electron chi connectivity index (χ4n) is 3.26. The number of nitrogens with one attached hydrogen (secondary N) is 2. The third kappa shape index (κ3) is 7.22. The van der Waals surface area contributed by atoms with Gasteiger partial charge in [-0.3, -0.25) is 9.89 Å². The minimum atomic E-state index is -4.29. The average molecular weight is 400 g/mol. The summed E-state index contributed by atoms with van der Waals surface area (Å²) < 4.78 is 38.7. The van der Waals surface area contributed by atoms with Gasteiger partial charge < -0.3 is 15.5 Å². The Labute approximate surface area is 166 Å². The van der Waals surface area contributed by atoms with E-state index in [4.69, 9.17) is 0 Å². The fourth-order valence-corrected chi connectivity index (χ4v) is 3.26. The fraction of sp³-hybridized carbons (Fsp3) is 0.650. The Kier molecular flexibility index (Phi) is 8.89. The molecule has 1 saturated heterocycles. The molecule has 2 N–H and O–H groups in total. The SMILES string of the molecule is CCNC(=NCCCCN1CCN(c2cccc(C(F)(F)F)c2)CC1)NCC. The molecule has 2 rings (SSSR count). The van der Waals surface area contributed by atoms with E-state index in [-0.39, 0.29) is 0 Å². The zero-order valence-electron chi connectivity index (χ0n) is 16.9. The monoisotopic (exact) mass is 399 g/mol. The van der Waals surface area contributed by atoms with Gasteiger partial charge in [0.25, 0.3) is 0 Å². The van der Waals surface area contributed by atoms with E-state index in [2.05, 4.69) is 20.5 Å². The molecule has 0 radical (unpaired) electrons. The second kappa shape index (κ2) is 11.1. The number of rotatable bonds is 8. The van der Waals surface area contributed by atoms with Gasteiger partial charge in [-0.25, -0.2) is 0 Å². The van der Waals surface area contributed by atoms with Gasteiger partial charge in [-0.15, -0.1) is 0 Å². The molecule has 1 aliphatic heterocycles. The van der Waals surface area contributed by atoms with Gasteiger partial charge >= 0.3 is 6.18 Å². The van der Waals surface area contributed by atoms with Crippen molar-refractivity contribution in [1.29, 1.82) is 0 Å². The molecule has 1 heterocycles. The molecule has 0 aromatic heterocycles. The van der Waals surface area contributed by atoms with Crippen molar-refractivity contribution < 1.29 is 13.2 Å². The van der Waals surface area contributed by atoms with Crippen LogP contribution in [-0.2, 0) is 6.18 Å². The lowest BCUT2D eigenvalue weighted by Gasteiger charge is -2.36. The van der Waals surface area contributed by atoms with Crippen LogP contribution in [0.15, 0.2) is 29.3 Å². The summed E-state index contributed by atoms with van der Waals surface area (Å²) in [6.45, 7) is 10.8. The highest BCUT2D eigenvalue weighted by Gasteiger charge is 2.31. The Hall–Kier alpha value is -1.96. The van der Waals surface area contributed by atoms with E-state index in [1.807, 2.05) is 18.7 Å². The van der Waals surface area contributed by atoms with Crippen LogP contribution in [0.5, 0.6) is 0 Å². The van der Waals surface area contributed by atoms with Gasteiger partial charge in [-0.05, 0) is 51.4 Å². The summed E-state index contributed by atoms with van der Waals surface area (Å²) in [5.74, 6) is 0.861. The number of hydrogen-bond donors (Lipinski definition) is 2. The van der Waals surface area contributed by atoms with Crippen molar-refractivity contribution in [3.63, 3.8) is 0 Å². The Morgan fingerprint density at radius 1 is 1.04 bits per heavy atom. The smallest absolute Gasteiger partial charge is 0.369 e. The Bertz CT molecular complexity index is 602. The van der Waals surface area contributed by atoms with E-state index in [1.54, 1.807) is 6.07 Å². The summed E-state index contributed by atoms with van der Waals surface area (Å²) in [5, 5.41) is 6.42. The maximum atomic E-state index is 12.9. The number of benzene rings is 1. The van der Waals surface area contributed by atoms with E-state index in [9.17, 15) is 13.2 Å². The summed E-state index contributed by atoms with van der Waals surface area (Å²) in [6.07, 6.45) is -2.20. The Morgan fingerprint density at radius 2 is 1.71 bits per heavy atom. The number of unbranched alkanes of at least 4 members (excludes halogenated alkanes) is 1. The van der Waals surface area contributed by atoms with Crippen molar-refractivity contribution in [2.45, 2.75) is 32.9 Å². The molecular formula is C20H32F3N5. The van der Waals surface area contributed by atoms with E-state index >= 15 is 0 Å². The molecule has 1 aromatic rings. The summed E-state index contributed by atoms with van der Waals surface area (Å²) in [4.78, 5) is 8.96. The normalized spacial score (nSPS) is 15.4. The van der Waals surface area contributed by atoms with Gasteiger partial charge in [0.15, 0.2) is 5.96 Å². The lowest BCUT2D eigenvalue weighted by atomic mass is 10.1. The van der Waals surface area contributed by atoms with Crippen molar-refractivity contribution in [2.75, 3.05) is 57.3 Å². The van der Waals surface area contributed by atoms with Crippen LogP contribution in [-0.4, -0.2) is 63.2 Å². The number of anilines is 1. The topological polar surface area (TPSA) is 42.9 Å². The molecular weight excluding hydrogens is 367 g/mol. The van der Waals surface area contributed by atoms with Crippen molar-refractivity contribution in [3.05, 3.63) is 29.8 Å². The van der Waals surface area contributed by atoms with Gasteiger partial charge in [0, 0.05) is 51.5 Å². The summed E-state index contributed by atoms with van der Waals surface area (Å²) in [7, 11) is 0. The largest absolute Gasteiger partial charge is 0.416 e. The van der Waals surface area contributed by atoms with Crippen LogP contribution in [0.25, 0.3) is 0 Å². The van der Waals surface area contributed by atoms with Crippen molar-refractivity contribution >= 4 is 11.6 Å². The predicted molar refractivity (Wildman–Crippen MR) is 109 cm³/mol. The first-order valence-electron chi connectivity index (χ1n) is 10.1. The molecule has 0 bridgehead atoms. The molecule has 8 heteroatoms. The highest BCUT2D eigenvalue weighted by atomic mass is 19.4. The lowest BCUT2D eigenvalue weighted by molar-refractivity contribution is -0.137. The number of alkyl halides is 3. The molecule has 1 aliphatic rings. The summed E-state index contributed by atoms with van der Waals surface area (Å²) in [6, 6.07) is 5.62. The van der Waals surface area contributed by atoms with Crippen molar-refractivity contribution in [3.8, 4) is 0 Å². The summed E-state index contributed by atoms with van der Waals surface area (Å²) in [5.41, 5.74) is 0.0747. The molecule has 1 fully saturated rings. The van der Waals surface area contributed by atoms with Gasteiger partial charge in [-0.2, -0.15) is 13.2 Å². The third-order valence-corrected chi connectivity index (χ3v) is 4.75. The summed E-state index contributed by atoms with van der Waals surface area (Å²) >= 11 is 0. The van der Waals surface area contributed by atoms with Crippen molar-refractivity contribution in [1.82, 2.24) is 15.5 Å². The van der Waals surface area contributed by atoms with Crippen LogP contribution in [0.4, 0.5) is 18.9 Å². The average Bonchev–Trinajstić information content (AvgIpc) is 2.68. The highest BCUT2D eigenvalue weighted by Crippen LogP contribution is 2.31. The van der Waals surface area contributed by atoms with Crippen LogP contribution in [0.1, 0.15) is 32.3 Å². The Morgan fingerprint density at radius 3 is 2.32 bits per heavy atom. The molecule has 0 unspecified atom stereocenters. The molecule has 0 aliphatic carbocycles. The van der Waals surface area contributed by atoms with Crippen LogP contribution < -0.4 is 15.5 Å². The molecule has 1 aromatic carbocycles. The number of hydrogen-bond acceptors (Lipinski definition) is 3. The quantitative estimate of drug-likeness (QED) is 0.400. The third-order valence-electron chi connectivity index (χ3n) is 4.75. The minimum absolute atomic E-state index is 0.581. The zero-order valence-corrected chi connectivity index (χ0v) is 16.9. The van der Waals surface area contributed by atoms with Gasteiger partial charge in [0.2, 0.25) is 0 Å². The van der Waals surface area contributed by atoms with E-state index in [0.717, 1.165) is 77.2 Å².